The van der Waals surface area contributed by atoms with Crippen molar-refractivity contribution in [3.05, 3.63) is 22.6 Å². The molecule has 0 radical (unpaired) electrons. The molecule has 2 aromatic rings. The van der Waals surface area contributed by atoms with E-state index < -0.39 is 5.69 Å². The van der Waals surface area contributed by atoms with E-state index in [0.29, 0.717) is 11.5 Å². The molecule has 0 aromatic carbocycles. The van der Waals surface area contributed by atoms with Crippen molar-refractivity contribution in [3.63, 3.8) is 0 Å². The summed E-state index contributed by atoms with van der Waals surface area (Å²) >= 11 is 0. The normalized spacial score (nSPS) is 16.9. The van der Waals surface area contributed by atoms with Crippen LogP contribution in [0, 0.1) is 0 Å². The fourth-order valence-electron chi connectivity index (χ4n) is 2.55. The van der Waals surface area contributed by atoms with Gasteiger partial charge in [0, 0.05) is 13.1 Å². The topological polar surface area (TPSA) is 95.4 Å². The van der Waals surface area contributed by atoms with E-state index in [0.717, 1.165) is 25.9 Å². The van der Waals surface area contributed by atoms with E-state index in [-0.39, 0.29) is 11.9 Å². The minimum Gasteiger partial charge on any atom is -0.357 e. The first-order valence-corrected chi connectivity index (χ1v) is 7.15. The number of piperidine rings is 1. The number of likely N-dealkylation sites (tertiary alicyclic amines) is 1. The Morgan fingerprint density at radius 2 is 2.10 bits per heavy atom. The molecule has 21 heavy (non-hydrogen) atoms. The molecule has 0 aliphatic carbocycles. The molecule has 1 aliphatic heterocycles. The van der Waals surface area contributed by atoms with Gasteiger partial charge in [-0.15, -0.1) is 5.10 Å². The van der Waals surface area contributed by atoms with Crippen LogP contribution in [-0.4, -0.2) is 49.7 Å². The standard InChI is InChI=1S/C13H18N6O2/c1-9(12(20)18-7-3-2-4-8-18)14-10-5-6-11-15-16-13(21)19(11)17-10/h5-6,9H,2-4,7-8H2,1H3,(H,14,17)(H,16,21). The number of fused-ring (bicyclic) bond motifs is 1. The third-order valence-corrected chi connectivity index (χ3v) is 3.68. The monoisotopic (exact) mass is 290 g/mol. The predicted octanol–water partition coefficient (Wildman–Crippen LogP) is 0.230. The van der Waals surface area contributed by atoms with E-state index in [4.69, 9.17) is 0 Å². The highest BCUT2D eigenvalue weighted by Gasteiger charge is 2.22. The molecule has 2 aromatic heterocycles. The zero-order chi connectivity index (χ0) is 14.8. The lowest BCUT2D eigenvalue weighted by Gasteiger charge is -2.29. The number of nitrogens with zero attached hydrogens (tertiary/aromatic N) is 4. The lowest BCUT2D eigenvalue weighted by atomic mass is 10.1. The van der Waals surface area contributed by atoms with E-state index in [2.05, 4.69) is 20.6 Å². The number of rotatable bonds is 3. The molecular formula is C13H18N6O2. The number of aromatic nitrogens is 4. The van der Waals surface area contributed by atoms with Gasteiger partial charge >= 0.3 is 5.69 Å². The summed E-state index contributed by atoms with van der Waals surface area (Å²) in [5.74, 6) is 0.542. The summed E-state index contributed by atoms with van der Waals surface area (Å²) in [7, 11) is 0. The van der Waals surface area contributed by atoms with Crippen LogP contribution in [0.25, 0.3) is 5.65 Å². The molecule has 1 amide bonds. The number of carbonyl (C=O) groups excluding carboxylic acids is 1. The Morgan fingerprint density at radius 1 is 1.33 bits per heavy atom. The van der Waals surface area contributed by atoms with Crippen LogP contribution in [0.5, 0.6) is 0 Å². The Hall–Kier alpha value is -2.38. The predicted molar refractivity (Wildman–Crippen MR) is 77.1 cm³/mol. The molecule has 1 unspecified atom stereocenters. The largest absolute Gasteiger partial charge is 0.364 e. The van der Waals surface area contributed by atoms with E-state index in [9.17, 15) is 9.59 Å². The van der Waals surface area contributed by atoms with Gasteiger partial charge in [-0.1, -0.05) is 0 Å². The molecule has 3 rings (SSSR count). The first kappa shape index (κ1) is 13.6. The van der Waals surface area contributed by atoms with Crippen LogP contribution in [0.2, 0.25) is 0 Å². The maximum atomic E-state index is 12.3. The van der Waals surface area contributed by atoms with Crippen LogP contribution in [0.15, 0.2) is 16.9 Å². The van der Waals surface area contributed by atoms with Gasteiger partial charge in [0.1, 0.15) is 11.9 Å². The Morgan fingerprint density at radius 3 is 2.86 bits per heavy atom. The van der Waals surface area contributed by atoms with Crippen LogP contribution in [0.4, 0.5) is 5.82 Å². The molecule has 1 aliphatic rings. The van der Waals surface area contributed by atoms with Gasteiger partial charge in [0.15, 0.2) is 5.65 Å². The SMILES string of the molecule is CC(Nc1ccc2n[nH]c(=O)n2n1)C(=O)N1CCCCC1. The zero-order valence-corrected chi connectivity index (χ0v) is 11.9. The molecule has 8 nitrogen and oxygen atoms in total. The molecule has 112 valence electrons. The molecule has 1 saturated heterocycles. The number of carbonyl (C=O) groups is 1. The molecule has 0 spiro atoms. The Balaban J connectivity index is 1.72. The summed E-state index contributed by atoms with van der Waals surface area (Å²) in [5, 5.41) is 13.3. The molecule has 1 fully saturated rings. The van der Waals surface area contributed by atoms with Gasteiger partial charge < -0.3 is 10.2 Å². The second-order valence-corrected chi connectivity index (χ2v) is 5.27. The van der Waals surface area contributed by atoms with Gasteiger partial charge in [-0.3, -0.25) is 4.79 Å². The van der Waals surface area contributed by atoms with E-state index in [1.54, 1.807) is 19.1 Å². The van der Waals surface area contributed by atoms with Crippen LogP contribution in [0.1, 0.15) is 26.2 Å². The summed E-state index contributed by atoms with van der Waals surface area (Å²) in [4.78, 5) is 25.7. The van der Waals surface area contributed by atoms with E-state index >= 15 is 0 Å². The first-order valence-electron chi connectivity index (χ1n) is 7.15. The number of amides is 1. The second kappa shape index (κ2) is 5.55. The summed E-state index contributed by atoms with van der Waals surface area (Å²) in [5.41, 5.74) is 0.0456. The summed E-state index contributed by atoms with van der Waals surface area (Å²) in [6, 6.07) is 3.00. The quantitative estimate of drug-likeness (QED) is 0.843. The first-order chi connectivity index (χ1) is 10.1. The maximum absolute atomic E-state index is 12.3. The van der Waals surface area contributed by atoms with E-state index in [1.807, 2.05) is 4.90 Å². The molecule has 0 bridgehead atoms. The number of hydrogen-bond donors (Lipinski definition) is 2. The molecule has 0 saturated carbocycles. The van der Waals surface area contributed by atoms with Crippen molar-refractivity contribution in [1.29, 1.82) is 0 Å². The number of nitrogens with one attached hydrogen (secondary N) is 2. The van der Waals surface area contributed by atoms with Gasteiger partial charge in [-0.2, -0.15) is 9.61 Å². The van der Waals surface area contributed by atoms with Crippen molar-refractivity contribution in [2.45, 2.75) is 32.2 Å². The lowest BCUT2D eigenvalue weighted by Crippen LogP contribution is -2.44. The van der Waals surface area contributed by atoms with Crippen LogP contribution >= 0.6 is 0 Å². The van der Waals surface area contributed by atoms with Crippen molar-refractivity contribution in [3.8, 4) is 0 Å². The van der Waals surface area contributed by atoms with Crippen LogP contribution < -0.4 is 11.0 Å². The minimum atomic E-state index is -0.399. The van der Waals surface area contributed by atoms with E-state index in [1.165, 1.54) is 10.9 Å². The summed E-state index contributed by atoms with van der Waals surface area (Å²) < 4.78 is 1.17. The zero-order valence-electron chi connectivity index (χ0n) is 11.9. The molecular weight excluding hydrogens is 272 g/mol. The van der Waals surface area contributed by atoms with Gasteiger partial charge in [0.25, 0.3) is 0 Å². The summed E-state index contributed by atoms with van der Waals surface area (Å²) in [6.07, 6.45) is 3.31. The van der Waals surface area contributed by atoms with Gasteiger partial charge in [-0.25, -0.2) is 9.89 Å². The number of H-pyrrole nitrogens is 1. The number of hydrogen-bond acceptors (Lipinski definition) is 5. The molecule has 3 heterocycles. The highest BCUT2D eigenvalue weighted by atomic mass is 16.2. The Labute approximate surface area is 121 Å². The van der Waals surface area contributed by atoms with Crippen LogP contribution in [-0.2, 0) is 4.79 Å². The highest BCUT2D eigenvalue weighted by molar-refractivity contribution is 5.84. The van der Waals surface area contributed by atoms with Gasteiger partial charge in [0.2, 0.25) is 5.91 Å². The third-order valence-electron chi connectivity index (χ3n) is 3.68. The van der Waals surface area contributed by atoms with Crippen molar-refractivity contribution in [1.82, 2.24) is 24.7 Å². The second-order valence-electron chi connectivity index (χ2n) is 5.27. The third kappa shape index (κ3) is 2.74. The highest BCUT2D eigenvalue weighted by Crippen LogP contribution is 2.12. The van der Waals surface area contributed by atoms with Crippen molar-refractivity contribution >= 4 is 17.4 Å². The average Bonchev–Trinajstić information content (AvgIpc) is 2.88. The lowest BCUT2D eigenvalue weighted by molar-refractivity contribution is -0.132. The minimum absolute atomic E-state index is 0.0659. The van der Waals surface area contributed by atoms with Gasteiger partial charge in [-0.05, 0) is 38.3 Å². The maximum Gasteiger partial charge on any atom is 0.364 e. The molecule has 2 N–H and O–H groups in total. The van der Waals surface area contributed by atoms with Crippen molar-refractivity contribution in [2.75, 3.05) is 18.4 Å². The molecule has 1 atom stereocenters. The van der Waals surface area contributed by atoms with Crippen LogP contribution in [0.3, 0.4) is 0 Å². The van der Waals surface area contributed by atoms with Crippen molar-refractivity contribution in [2.24, 2.45) is 0 Å². The van der Waals surface area contributed by atoms with Crippen molar-refractivity contribution < 1.29 is 4.79 Å². The van der Waals surface area contributed by atoms with Gasteiger partial charge in [0.05, 0.1) is 0 Å². The number of aromatic amines is 1. The number of anilines is 1. The Bertz CT molecular complexity index is 700. The fourth-order valence-corrected chi connectivity index (χ4v) is 2.55. The Kier molecular flexibility index (Phi) is 3.59. The molecule has 8 heteroatoms. The average molecular weight is 290 g/mol. The summed E-state index contributed by atoms with van der Waals surface area (Å²) in [6.45, 7) is 3.44. The smallest absolute Gasteiger partial charge is 0.357 e. The fraction of sp³-hybridized carbons (Fsp3) is 0.538.